The number of hydrogen-bond donors (Lipinski definition) is 1. The molecule has 1 unspecified atom stereocenters. The van der Waals surface area contributed by atoms with Gasteiger partial charge in [0.1, 0.15) is 0 Å². The van der Waals surface area contributed by atoms with Crippen molar-refractivity contribution in [2.75, 3.05) is 0 Å². The van der Waals surface area contributed by atoms with E-state index < -0.39 is 0 Å². The van der Waals surface area contributed by atoms with Crippen molar-refractivity contribution in [3.05, 3.63) is 21.9 Å². The predicted octanol–water partition coefficient (Wildman–Crippen LogP) is 5.31. The van der Waals surface area contributed by atoms with E-state index in [1.54, 1.807) is 11.3 Å². The van der Waals surface area contributed by atoms with E-state index in [0.29, 0.717) is 5.41 Å². The number of nitrogens with two attached hydrogens (primary N) is 1. The molecule has 0 saturated heterocycles. The molecule has 1 atom stereocenters. The van der Waals surface area contributed by atoms with Crippen LogP contribution >= 0.6 is 11.3 Å². The van der Waals surface area contributed by atoms with Gasteiger partial charge < -0.3 is 5.73 Å². The van der Waals surface area contributed by atoms with Crippen LogP contribution in [0.1, 0.15) is 75.7 Å². The molecule has 19 heavy (non-hydrogen) atoms. The lowest BCUT2D eigenvalue weighted by Crippen LogP contribution is -2.20. The Hall–Kier alpha value is -0.340. The normalized spacial score (nSPS) is 25.6. The Morgan fingerprint density at radius 1 is 1.32 bits per heavy atom. The molecular formula is C17H29NS. The van der Waals surface area contributed by atoms with E-state index in [-0.39, 0.29) is 0 Å². The SMILES string of the molecule is CC1CCCC(C)(C)C1.NCc1sccc1C1CC1. The van der Waals surface area contributed by atoms with E-state index in [1.165, 1.54) is 49.0 Å². The van der Waals surface area contributed by atoms with Crippen molar-refractivity contribution in [1.29, 1.82) is 0 Å². The van der Waals surface area contributed by atoms with Crippen molar-refractivity contribution in [2.45, 2.75) is 71.8 Å². The molecule has 2 fully saturated rings. The summed E-state index contributed by atoms with van der Waals surface area (Å²) in [7, 11) is 0. The minimum Gasteiger partial charge on any atom is -0.326 e. The van der Waals surface area contributed by atoms with Gasteiger partial charge in [0, 0.05) is 11.4 Å². The van der Waals surface area contributed by atoms with E-state index in [0.717, 1.165) is 18.4 Å². The van der Waals surface area contributed by atoms with E-state index in [4.69, 9.17) is 5.73 Å². The summed E-state index contributed by atoms with van der Waals surface area (Å²) < 4.78 is 0. The quantitative estimate of drug-likeness (QED) is 0.780. The number of rotatable bonds is 2. The van der Waals surface area contributed by atoms with Gasteiger partial charge in [0.2, 0.25) is 0 Å². The van der Waals surface area contributed by atoms with Gasteiger partial charge in [-0.1, -0.05) is 33.6 Å². The van der Waals surface area contributed by atoms with Crippen molar-refractivity contribution in [2.24, 2.45) is 17.1 Å². The summed E-state index contributed by atoms with van der Waals surface area (Å²) in [6.45, 7) is 7.88. The lowest BCUT2D eigenvalue weighted by Gasteiger charge is -2.33. The largest absolute Gasteiger partial charge is 0.326 e. The number of hydrogen-bond acceptors (Lipinski definition) is 2. The standard InChI is InChI=1S/C9H18.C8H11NS/c1-8-5-4-6-9(2,3)7-8;9-5-8-7(3-4-10-8)6-1-2-6/h8H,4-7H2,1-3H3;3-4,6H,1-2,5,9H2. The summed E-state index contributed by atoms with van der Waals surface area (Å²) in [5.74, 6) is 1.85. The van der Waals surface area contributed by atoms with Gasteiger partial charge in [-0.3, -0.25) is 0 Å². The Morgan fingerprint density at radius 3 is 2.53 bits per heavy atom. The molecule has 0 radical (unpaired) electrons. The van der Waals surface area contributed by atoms with Crippen LogP contribution in [0.2, 0.25) is 0 Å². The van der Waals surface area contributed by atoms with Crippen molar-refractivity contribution >= 4 is 11.3 Å². The fourth-order valence-corrected chi connectivity index (χ4v) is 4.20. The molecule has 1 heterocycles. The molecule has 0 aromatic carbocycles. The molecule has 1 nitrogen and oxygen atoms in total. The third kappa shape index (κ3) is 4.61. The second-order valence-corrected chi connectivity index (χ2v) is 8.14. The molecule has 2 saturated carbocycles. The summed E-state index contributed by atoms with van der Waals surface area (Å²) in [6, 6.07) is 2.23. The Balaban J connectivity index is 0.000000141. The van der Waals surface area contributed by atoms with E-state index >= 15 is 0 Å². The third-order valence-corrected chi connectivity index (χ3v) is 5.39. The van der Waals surface area contributed by atoms with Crippen LogP contribution in [0.25, 0.3) is 0 Å². The van der Waals surface area contributed by atoms with E-state index in [9.17, 15) is 0 Å². The second kappa shape index (κ2) is 6.41. The highest BCUT2D eigenvalue weighted by Crippen LogP contribution is 2.43. The summed E-state index contributed by atoms with van der Waals surface area (Å²) in [6.07, 6.45) is 8.55. The summed E-state index contributed by atoms with van der Waals surface area (Å²) in [4.78, 5) is 1.39. The van der Waals surface area contributed by atoms with E-state index in [2.05, 4.69) is 32.2 Å². The molecule has 0 spiro atoms. The molecule has 1 aromatic rings. The molecule has 3 rings (SSSR count). The first kappa shape index (κ1) is 15.1. The van der Waals surface area contributed by atoms with Crippen LogP contribution in [-0.4, -0.2) is 0 Å². The van der Waals surface area contributed by atoms with Gasteiger partial charge in [-0.2, -0.15) is 0 Å². The lowest BCUT2D eigenvalue weighted by molar-refractivity contribution is 0.191. The van der Waals surface area contributed by atoms with Crippen molar-refractivity contribution in [3.63, 3.8) is 0 Å². The first-order chi connectivity index (χ1) is 9.02. The molecule has 0 amide bonds. The maximum atomic E-state index is 5.57. The highest BCUT2D eigenvalue weighted by atomic mass is 32.1. The van der Waals surface area contributed by atoms with Gasteiger partial charge in [0.05, 0.1) is 0 Å². The highest BCUT2D eigenvalue weighted by Gasteiger charge is 2.26. The smallest absolute Gasteiger partial charge is 0.0276 e. The average Bonchev–Trinajstić information content (AvgIpc) is 3.06. The van der Waals surface area contributed by atoms with Crippen molar-refractivity contribution in [1.82, 2.24) is 0 Å². The van der Waals surface area contributed by atoms with E-state index in [1.807, 2.05) is 0 Å². The topological polar surface area (TPSA) is 26.0 Å². The van der Waals surface area contributed by atoms with Crippen molar-refractivity contribution in [3.8, 4) is 0 Å². The Bertz CT molecular complexity index is 390. The van der Waals surface area contributed by atoms with Crippen LogP contribution in [0.5, 0.6) is 0 Å². The van der Waals surface area contributed by atoms with Crippen LogP contribution < -0.4 is 5.73 Å². The van der Waals surface area contributed by atoms with Gasteiger partial charge in [-0.15, -0.1) is 11.3 Å². The zero-order valence-corrected chi connectivity index (χ0v) is 13.6. The monoisotopic (exact) mass is 279 g/mol. The molecular weight excluding hydrogens is 250 g/mol. The predicted molar refractivity (Wildman–Crippen MR) is 85.6 cm³/mol. The minimum absolute atomic E-state index is 0.650. The molecule has 2 aliphatic carbocycles. The fraction of sp³-hybridized carbons (Fsp3) is 0.765. The van der Waals surface area contributed by atoms with Crippen LogP contribution in [0.15, 0.2) is 11.4 Å². The average molecular weight is 279 g/mol. The third-order valence-electron chi connectivity index (χ3n) is 4.43. The van der Waals surface area contributed by atoms with Crippen LogP contribution in [-0.2, 0) is 6.54 Å². The fourth-order valence-electron chi connectivity index (χ4n) is 3.35. The summed E-state index contributed by atoms with van der Waals surface area (Å²) in [5.41, 5.74) is 7.74. The van der Waals surface area contributed by atoms with Crippen LogP contribution in [0.3, 0.4) is 0 Å². The first-order valence-electron chi connectivity index (χ1n) is 7.78. The minimum atomic E-state index is 0.650. The maximum absolute atomic E-state index is 5.57. The lowest BCUT2D eigenvalue weighted by atomic mass is 9.73. The van der Waals surface area contributed by atoms with Gasteiger partial charge in [-0.05, 0) is 59.9 Å². The first-order valence-corrected chi connectivity index (χ1v) is 8.66. The second-order valence-electron chi connectivity index (χ2n) is 7.14. The van der Waals surface area contributed by atoms with Crippen LogP contribution in [0, 0.1) is 11.3 Å². The Labute approximate surface area is 122 Å². The molecule has 2 N–H and O–H groups in total. The zero-order valence-electron chi connectivity index (χ0n) is 12.7. The maximum Gasteiger partial charge on any atom is 0.0276 e. The van der Waals surface area contributed by atoms with Gasteiger partial charge >= 0.3 is 0 Å². The highest BCUT2D eigenvalue weighted by molar-refractivity contribution is 7.10. The number of thiophene rings is 1. The van der Waals surface area contributed by atoms with Gasteiger partial charge in [-0.25, -0.2) is 0 Å². The van der Waals surface area contributed by atoms with Crippen LogP contribution in [0.4, 0.5) is 0 Å². The Kier molecular flexibility index (Phi) is 5.08. The summed E-state index contributed by atoms with van der Waals surface area (Å²) >= 11 is 1.79. The Morgan fingerprint density at radius 2 is 2.05 bits per heavy atom. The molecule has 2 heteroatoms. The molecule has 2 aliphatic rings. The van der Waals surface area contributed by atoms with Gasteiger partial charge in [0.25, 0.3) is 0 Å². The molecule has 0 bridgehead atoms. The molecule has 0 aliphatic heterocycles. The molecule has 1 aromatic heterocycles. The zero-order chi connectivity index (χ0) is 13.9. The summed E-state index contributed by atoms with van der Waals surface area (Å²) in [5, 5.41) is 2.15. The molecule has 108 valence electrons. The van der Waals surface area contributed by atoms with Crippen molar-refractivity contribution < 1.29 is 0 Å². The van der Waals surface area contributed by atoms with Gasteiger partial charge in [0.15, 0.2) is 0 Å².